The van der Waals surface area contributed by atoms with Gasteiger partial charge in [0.25, 0.3) is 0 Å². The summed E-state index contributed by atoms with van der Waals surface area (Å²) in [5.41, 5.74) is 0.436. The van der Waals surface area contributed by atoms with Crippen molar-refractivity contribution in [3.63, 3.8) is 0 Å². The summed E-state index contributed by atoms with van der Waals surface area (Å²) in [6.45, 7) is 4.84. The van der Waals surface area contributed by atoms with Crippen LogP contribution in [0.4, 0.5) is 4.39 Å². The first kappa shape index (κ1) is 22.1. The van der Waals surface area contributed by atoms with E-state index in [1.54, 1.807) is 20.8 Å². The van der Waals surface area contributed by atoms with Crippen molar-refractivity contribution < 1.29 is 26.8 Å². The second-order valence-corrected chi connectivity index (χ2v) is 9.51. The Morgan fingerprint density at radius 3 is 2.63 bits per heavy atom. The summed E-state index contributed by atoms with van der Waals surface area (Å²) in [6.07, 6.45) is 0. The molecular formula is C20H21FN2O5S2. The maximum atomic E-state index is 13.9. The molecule has 1 N–H and O–H groups in total. The van der Waals surface area contributed by atoms with E-state index >= 15 is 0 Å². The highest BCUT2D eigenvalue weighted by atomic mass is 32.2. The Hall–Kier alpha value is -2.56. The summed E-state index contributed by atoms with van der Waals surface area (Å²) in [7, 11) is -4.26. The van der Waals surface area contributed by atoms with Crippen molar-refractivity contribution in [1.82, 2.24) is 9.71 Å². The molecule has 0 saturated heterocycles. The van der Waals surface area contributed by atoms with Crippen LogP contribution in [-0.4, -0.2) is 25.4 Å². The highest BCUT2D eigenvalue weighted by Crippen LogP contribution is 2.26. The normalized spacial score (nSPS) is 12.8. The highest BCUT2D eigenvalue weighted by molar-refractivity contribution is 7.89. The lowest BCUT2D eigenvalue weighted by atomic mass is 10.1. The molecule has 0 unspecified atom stereocenters. The molecule has 0 aliphatic heterocycles. The van der Waals surface area contributed by atoms with E-state index in [2.05, 4.69) is 9.71 Å². The molecule has 0 saturated carbocycles. The van der Waals surface area contributed by atoms with E-state index in [1.165, 1.54) is 23.5 Å². The van der Waals surface area contributed by atoms with Gasteiger partial charge in [-0.2, -0.15) is 4.72 Å². The number of benzene rings is 1. The first-order valence-corrected chi connectivity index (χ1v) is 11.5. The number of halogens is 1. The van der Waals surface area contributed by atoms with Crippen molar-refractivity contribution in [3.8, 4) is 10.8 Å². The number of thiophene rings is 1. The predicted molar refractivity (Wildman–Crippen MR) is 110 cm³/mol. The van der Waals surface area contributed by atoms with Crippen molar-refractivity contribution in [1.29, 1.82) is 0 Å². The van der Waals surface area contributed by atoms with Gasteiger partial charge in [0.2, 0.25) is 15.9 Å². The lowest BCUT2D eigenvalue weighted by Gasteiger charge is -2.20. The smallest absolute Gasteiger partial charge is 0.324 e. The van der Waals surface area contributed by atoms with Gasteiger partial charge in [-0.05, 0) is 36.4 Å². The third-order valence-corrected chi connectivity index (χ3v) is 6.64. The van der Waals surface area contributed by atoms with E-state index < -0.39 is 38.7 Å². The minimum atomic E-state index is -4.26. The third-order valence-electron chi connectivity index (χ3n) is 4.30. The molecule has 1 atom stereocenters. The molecule has 160 valence electrons. The van der Waals surface area contributed by atoms with Gasteiger partial charge in [0, 0.05) is 0 Å². The maximum absolute atomic E-state index is 13.9. The summed E-state index contributed by atoms with van der Waals surface area (Å²) in [4.78, 5) is 17.2. The molecule has 0 aliphatic rings. The lowest BCUT2D eigenvalue weighted by molar-refractivity contribution is -0.148. The average Bonchev–Trinajstić information content (AvgIpc) is 3.34. The van der Waals surface area contributed by atoms with Crippen LogP contribution in [-0.2, 0) is 26.2 Å². The Balaban J connectivity index is 1.72. The molecule has 2 aromatic heterocycles. The van der Waals surface area contributed by atoms with Crippen molar-refractivity contribution in [3.05, 3.63) is 59.0 Å². The minimum Gasteiger partial charge on any atom is -0.458 e. The number of hydrogen-bond donors (Lipinski definition) is 1. The summed E-state index contributed by atoms with van der Waals surface area (Å²) in [6, 6.07) is 7.48. The zero-order valence-corrected chi connectivity index (χ0v) is 18.2. The number of aromatic nitrogens is 1. The number of ether oxygens (including phenoxy) is 1. The third kappa shape index (κ3) is 4.94. The number of oxazole rings is 1. The number of hydrogen-bond acceptors (Lipinski definition) is 7. The fraction of sp³-hybridized carbons (Fsp3) is 0.300. The number of carbonyl (C=O) groups is 1. The Morgan fingerprint density at radius 1 is 1.27 bits per heavy atom. The molecule has 3 aromatic rings. The van der Waals surface area contributed by atoms with E-state index in [-0.39, 0.29) is 6.61 Å². The van der Waals surface area contributed by atoms with Gasteiger partial charge in [0.05, 0.1) is 4.88 Å². The molecule has 0 radical (unpaired) electrons. The zero-order valence-electron chi connectivity index (χ0n) is 16.6. The number of esters is 1. The summed E-state index contributed by atoms with van der Waals surface area (Å²) in [5, 5.41) is 1.89. The fourth-order valence-corrected chi connectivity index (χ4v) is 4.71. The monoisotopic (exact) mass is 452 g/mol. The summed E-state index contributed by atoms with van der Waals surface area (Å²) in [5.74, 6) is -1.20. The van der Waals surface area contributed by atoms with Gasteiger partial charge in [-0.15, -0.1) is 11.3 Å². The SMILES string of the molecule is Cc1oc(-c2cccs2)nc1COC(=O)[C@@H](NS(=O)(=O)c1ccccc1F)C(C)C. The molecule has 10 heteroatoms. The fourth-order valence-electron chi connectivity index (χ4n) is 2.65. The standard InChI is InChI=1S/C20H21FN2O5S2/c1-12(2)18(23-30(25,26)17-9-5-4-7-14(17)21)20(24)27-11-15-13(3)28-19(22-15)16-8-6-10-29-16/h4-10,12,18,23H,11H2,1-3H3/t18-/m0/s1. The van der Waals surface area contributed by atoms with Crippen molar-refractivity contribution >= 4 is 27.3 Å². The Kier molecular flexibility index (Phi) is 6.69. The van der Waals surface area contributed by atoms with Crippen LogP contribution in [0.25, 0.3) is 10.8 Å². The first-order chi connectivity index (χ1) is 14.2. The molecule has 0 spiro atoms. The van der Waals surface area contributed by atoms with E-state index in [1.807, 2.05) is 17.5 Å². The molecular weight excluding hydrogens is 431 g/mol. The Labute approximate surface area is 178 Å². The van der Waals surface area contributed by atoms with E-state index in [0.717, 1.165) is 17.0 Å². The minimum absolute atomic E-state index is 0.176. The van der Waals surface area contributed by atoms with E-state index in [4.69, 9.17) is 9.15 Å². The van der Waals surface area contributed by atoms with E-state index in [0.29, 0.717) is 17.3 Å². The van der Waals surface area contributed by atoms with Crippen LogP contribution < -0.4 is 4.72 Å². The number of rotatable bonds is 8. The quantitative estimate of drug-likeness (QED) is 0.521. The first-order valence-electron chi connectivity index (χ1n) is 9.12. The molecule has 3 rings (SSSR count). The molecule has 0 fully saturated rings. The number of aryl methyl sites for hydroxylation is 1. The molecule has 1 aromatic carbocycles. The molecule has 0 bridgehead atoms. The van der Waals surface area contributed by atoms with Crippen LogP contribution in [0.2, 0.25) is 0 Å². The van der Waals surface area contributed by atoms with Gasteiger partial charge in [0.1, 0.15) is 34.8 Å². The maximum Gasteiger partial charge on any atom is 0.324 e. The summed E-state index contributed by atoms with van der Waals surface area (Å²) >= 11 is 1.47. The van der Waals surface area contributed by atoms with Crippen LogP contribution in [0.3, 0.4) is 0 Å². The number of sulfonamides is 1. The van der Waals surface area contributed by atoms with Crippen molar-refractivity contribution in [2.45, 2.75) is 38.3 Å². The van der Waals surface area contributed by atoms with Crippen molar-refractivity contribution in [2.24, 2.45) is 5.92 Å². The summed E-state index contributed by atoms with van der Waals surface area (Å²) < 4.78 is 52.2. The van der Waals surface area contributed by atoms with Crippen LogP contribution in [0.5, 0.6) is 0 Å². The zero-order chi connectivity index (χ0) is 21.9. The lowest BCUT2D eigenvalue weighted by Crippen LogP contribution is -2.45. The molecule has 0 amide bonds. The van der Waals surface area contributed by atoms with Gasteiger partial charge >= 0.3 is 5.97 Å². The van der Waals surface area contributed by atoms with Crippen LogP contribution >= 0.6 is 11.3 Å². The second-order valence-electron chi connectivity index (χ2n) is 6.88. The Bertz CT molecular complexity index is 1120. The number of nitrogens with one attached hydrogen (secondary N) is 1. The highest BCUT2D eigenvalue weighted by Gasteiger charge is 2.31. The van der Waals surface area contributed by atoms with Crippen molar-refractivity contribution in [2.75, 3.05) is 0 Å². The Morgan fingerprint density at radius 2 is 2.00 bits per heavy atom. The largest absolute Gasteiger partial charge is 0.458 e. The molecule has 30 heavy (non-hydrogen) atoms. The molecule has 7 nitrogen and oxygen atoms in total. The van der Waals surface area contributed by atoms with Gasteiger partial charge < -0.3 is 9.15 Å². The predicted octanol–water partition coefficient (Wildman–Crippen LogP) is 3.90. The molecule has 0 aliphatic carbocycles. The number of carbonyl (C=O) groups excluding carboxylic acids is 1. The van der Waals surface area contributed by atoms with Gasteiger partial charge in [-0.25, -0.2) is 17.8 Å². The van der Waals surface area contributed by atoms with Crippen LogP contribution in [0.15, 0.2) is 51.1 Å². The average molecular weight is 453 g/mol. The van der Waals surface area contributed by atoms with E-state index in [9.17, 15) is 17.6 Å². The van der Waals surface area contributed by atoms with Gasteiger partial charge in [-0.1, -0.05) is 32.0 Å². The van der Waals surface area contributed by atoms with Gasteiger partial charge in [-0.3, -0.25) is 4.79 Å². The topological polar surface area (TPSA) is 98.5 Å². The van der Waals surface area contributed by atoms with Gasteiger partial charge in [0.15, 0.2) is 0 Å². The van der Waals surface area contributed by atoms with Crippen LogP contribution in [0.1, 0.15) is 25.3 Å². The van der Waals surface area contributed by atoms with Crippen LogP contribution in [0, 0.1) is 18.7 Å². The second kappa shape index (κ2) is 9.07. The molecule has 2 heterocycles. The number of nitrogens with zero attached hydrogens (tertiary/aromatic N) is 1.